The molecule has 2 rings (SSSR count). The molecule has 0 atom stereocenters. The van der Waals surface area contributed by atoms with Crippen LogP contribution < -0.4 is 10.1 Å². The lowest BCUT2D eigenvalue weighted by atomic mass is 10.2. The van der Waals surface area contributed by atoms with Gasteiger partial charge in [-0.15, -0.1) is 0 Å². The SMILES string of the molecule is CCOc1c(Br)cc(Br)cc1CNc1cnn(C(C)C)c1. The Morgan fingerprint density at radius 3 is 2.71 bits per heavy atom. The predicted molar refractivity (Wildman–Crippen MR) is 92.9 cm³/mol. The van der Waals surface area contributed by atoms with E-state index in [9.17, 15) is 0 Å². The summed E-state index contributed by atoms with van der Waals surface area (Å²) in [5, 5.41) is 7.71. The molecule has 1 aromatic carbocycles. The zero-order valence-electron chi connectivity index (χ0n) is 12.4. The molecule has 0 spiro atoms. The number of ether oxygens (including phenoxy) is 1. The van der Waals surface area contributed by atoms with E-state index < -0.39 is 0 Å². The molecule has 1 heterocycles. The van der Waals surface area contributed by atoms with Gasteiger partial charge in [0.05, 0.1) is 23.0 Å². The van der Waals surface area contributed by atoms with E-state index in [1.807, 2.05) is 30.1 Å². The van der Waals surface area contributed by atoms with Crippen LogP contribution in [0.25, 0.3) is 0 Å². The van der Waals surface area contributed by atoms with Gasteiger partial charge in [-0.25, -0.2) is 0 Å². The van der Waals surface area contributed by atoms with Crippen molar-refractivity contribution in [3.8, 4) is 5.75 Å². The molecule has 114 valence electrons. The van der Waals surface area contributed by atoms with Crippen LogP contribution >= 0.6 is 31.9 Å². The van der Waals surface area contributed by atoms with E-state index in [1.165, 1.54) is 0 Å². The van der Waals surface area contributed by atoms with E-state index in [2.05, 4.69) is 62.2 Å². The molecule has 0 bridgehead atoms. The molecule has 6 heteroatoms. The first-order chi connectivity index (χ1) is 10.0. The van der Waals surface area contributed by atoms with Gasteiger partial charge in [-0.3, -0.25) is 4.68 Å². The van der Waals surface area contributed by atoms with Gasteiger partial charge in [-0.05, 0) is 48.8 Å². The maximum Gasteiger partial charge on any atom is 0.138 e. The summed E-state index contributed by atoms with van der Waals surface area (Å²) in [7, 11) is 0. The number of halogens is 2. The zero-order chi connectivity index (χ0) is 15.4. The van der Waals surface area contributed by atoms with Crippen molar-refractivity contribution in [1.82, 2.24) is 9.78 Å². The van der Waals surface area contributed by atoms with E-state index in [1.54, 1.807) is 0 Å². The van der Waals surface area contributed by atoms with Gasteiger partial charge in [0.15, 0.2) is 0 Å². The average Bonchev–Trinajstić information content (AvgIpc) is 2.89. The van der Waals surface area contributed by atoms with Gasteiger partial charge in [-0.2, -0.15) is 5.10 Å². The number of hydrogen-bond donors (Lipinski definition) is 1. The fourth-order valence-corrected chi connectivity index (χ4v) is 3.39. The number of nitrogens with one attached hydrogen (secondary N) is 1. The van der Waals surface area contributed by atoms with E-state index in [0.29, 0.717) is 19.2 Å². The molecule has 0 saturated carbocycles. The second-order valence-corrected chi connectivity index (χ2v) is 6.74. The molecule has 0 radical (unpaired) electrons. The predicted octanol–water partition coefficient (Wildman–Crippen LogP) is 5.00. The number of anilines is 1. The van der Waals surface area contributed by atoms with Crippen molar-refractivity contribution < 1.29 is 4.74 Å². The molecule has 0 saturated heterocycles. The zero-order valence-corrected chi connectivity index (χ0v) is 15.5. The third-order valence-corrected chi connectivity index (χ3v) is 4.03. The number of benzene rings is 1. The maximum absolute atomic E-state index is 5.73. The van der Waals surface area contributed by atoms with Crippen molar-refractivity contribution >= 4 is 37.5 Å². The molecule has 1 N–H and O–H groups in total. The molecular weight excluding hydrogens is 398 g/mol. The van der Waals surface area contributed by atoms with Gasteiger partial charge in [0, 0.05) is 28.8 Å². The summed E-state index contributed by atoms with van der Waals surface area (Å²) in [6.07, 6.45) is 3.85. The van der Waals surface area contributed by atoms with Crippen LogP contribution in [-0.2, 0) is 6.54 Å². The van der Waals surface area contributed by atoms with Crippen LogP contribution in [0.4, 0.5) is 5.69 Å². The summed E-state index contributed by atoms with van der Waals surface area (Å²) in [5.41, 5.74) is 2.10. The summed E-state index contributed by atoms with van der Waals surface area (Å²) in [4.78, 5) is 0. The van der Waals surface area contributed by atoms with Gasteiger partial charge >= 0.3 is 0 Å². The van der Waals surface area contributed by atoms with Crippen molar-refractivity contribution in [2.24, 2.45) is 0 Å². The van der Waals surface area contributed by atoms with Crippen LogP contribution in [0.1, 0.15) is 32.4 Å². The average molecular weight is 417 g/mol. The molecule has 0 amide bonds. The Labute approximate surface area is 142 Å². The highest BCUT2D eigenvalue weighted by molar-refractivity contribution is 9.11. The smallest absolute Gasteiger partial charge is 0.138 e. The normalized spacial score (nSPS) is 11.0. The highest BCUT2D eigenvalue weighted by atomic mass is 79.9. The molecular formula is C15H19Br2N3O. The van der Waals surface area contributed by atoms with E-state index in [-0.39, 0.29) is 0 Å². The van der Waals surface area contributed by atoms with Crippen LogP contribution in [-0.4, -0.2) is 16.4 Å². The van der Waals surface area contributed by atoms with Gasteiger partial charge in [0.25, 0.3) is 0 Å². The van der Waals surface area contributed by atoms with E-state index >= 15 is 0 Å². The Hall–Kier alpha value is -1.01. The standard InChI is InChI=1S/C15H19Br2N3O/c1-4-21-15-11(5-12(16)6-14(15)17)7-18-13-8-19-20(9-13)10(2)3/h5-6,8-10,18H,4,7H2,1-3H3. The summed E-state index contributed by atoms with van der Waals surface area (Å²) in [6.45, 7) is 7.51. The number of nitrogens with zero attached hydrogens (tertiary/aromatic N) is 2. The molecule has 21 heavy (non-hydrogen) atoms. The van der Waals surface area contributed by atoms with Crippen molar-refractivity contribution in [1.29, 1.82) is 0 Å². The fourth-order valence-electron chi connectivity index (χ4n) is 1.96. The first-order valence-corrected chi connectivity index (χ1v) is 8.48. The molecule has 0 fully saturated rings. The van der Waals surface area contributed by atoms with Gasteiger partial charge in [-0.1, -0.05) is 15.9 Å². The molecule has 0 unspecified atom stereocenters. The molecule has 4 nitrogen and oxygen atoms in total. The van der Waals surface area contributed by atoms with E-state index in [4.69, 9.17) is 4.74 Å². The molecule has 0 aliphatic carbocycles. The van der Waals surface area contributed by atoms with Crippen molar-refractivity contribution in [3.63, 3.8) is 0 Å². The second-order valence-electron chi connectivity index (χ2n) is 4.97. The lowest BCUT2D eigenvalue weighted by molar-refractivity contribution is 0.334. The lowest BCUT2D eigenvalue weighted by Crippen LogP contribution is -2.04. The van der Waals surface area contributed by atoms with Crippen LogP contribution in [0.5, 0.6) is 5.75 Å². The minimum atomic E-state index is 0.361. The van der Waals surface area contributed by atoms with Gasteiger partial charge in [0.2, 0.25) is 0 Å². The highest BCUT2D eigenvalue weighted by Crippen LogP contribution is 2.33. The van der Waals surface area contributed by atoms with Crippen molar-refractivity contribution in [2.75, 3.05) is 11.9 Å². The van der Waals surface area contributed by atoms with E-state index in [0.717, 1.165) is 25.9 Å². The Morgan fingerprint density at radius 2 is 2.10 bits per heavy atom. The number of rotatable bonds is 6. The summed E-state index contributed by atoms with van der Waals surface area (Å²) >= 11 is 7.07. The minimum Gasteiger partial charge on any atom is -0.492 e. The van der Waals surface area contributed by atoms with Crippen molar-refractivity contribution in [3.05, 3.63) is 39.0 Å². The fraction of sp³-hybridized carbons (Fsp3) is 0.400. The Balaban J connectivity index is 2.14. The number of aromatic nitrogens is 2. The Morgan fingerprint density at radius 1 is 1.33 bits per heavy atom. The van der Waals surface area contributed by atoms with Crippen LogP contribution in [0.15, 0.2) is 33.5 Å². The number of hydrogen-bond acceptors (Lipinski definition) is 3. The quantitative estimate of drug-likeness (QED) is 0.719. The summed E-state index contributed by atoms with van der Waals surface area (Å²) in [5.74, 6) is 0.879. The highest BCUT2D eigenvalue weighted by Gasteiger charge is 2.10. The lowest BCUT2D eigenvalue weighted by Gasteiger charge is -2.13. The molecule has 1 aromatic heterocycles. The molecule has 0 aliphatic heterocycles. The topological polar surface area (TPSA) is 39.1 Å². The second kappa shape index (κ2) is 7.31. The summed E-state index contributed by atoms with van der Waals surface area (Å²) in [6, 6.07) is 4.42. The van der Waals surface area contributed by atoms with Crippen LogP contribution in [0.3, 0.4) is 0 Å². The largest absolute Gasteiger partial charge is 0.492 e. The van der Waals surface area contributed by atoms with Gasteiger partial charge < -0.3 is 10.1 Å². The molecule has 2 aromatic rings. The maximum atomic E-state index is 5.73. The third-order valence-electron chi connectivity index (χ3n) is 2.99. The first kappa shape index (κ1) is 16.4. The molecule has 0 aliphatic rings. The third kappa shape index (κ3) is 4.23. The Bertz CT molecular complexity index is 611. The van der Waals surface area contributed by atoms with Crippen LogP contribution in [0.2, 0.25) is 0 Å². The van der Waals surface area contributed by atoms with Gasteiger partial charge in [0.1, 0.15) is 5.75 Å². The summed E-state index contributed by atoms with van der Waals surface area (Å²) < 4.78 is 9.63. The first-order valence-electron chi connectivity index (χ1n) is 6.90. The monoisotopic (exact) mass is 415 g/mol. The Kier molecular flexibility index (Phi) is 5.70. The minimum absolute atomic E-state index is 0.361. The van der Waals surface area contributed by atoms with Crippen molar-refractivity contribution in [2.45, 2.75) is 33.4 Å². The van der Waals surface area contributed by atoms with Crippen LogP contribution in [0, 0.1) is 0 Å².